The zero-order chi connectivity index (χ0) is 20.7. The van der Waals surface area contributed by atoms with E-state index in [0.29, 0.717) is 28.2 Å². The number of aryl methyl sites for hydroxylation is 2. The first-order chi connectivity index (χ1) is 13.9. The summed E-state index contributed by atoms with van der Waals surface area (Å²) in [6.45, 7) is 5.41. The molecule has 0 atom stereocenters. The van der Waals surface area contributed by atoms with Crippen LogP contribution in [0.5, 0.6) is 0 Å². The molecule has 1 aliphatic rings. The number of hydrogen-bond acceptors (Lipinski definition) is 3. The number of H-pyrrole nitrogens is 1. The molecule has 146 valence electrons. The second-order valence-electron chi connectivity index (χ2n) is 6.91. The smallest absolute Gasteiger partial charge is 0.280 e. The zero-order valence-electron chi connectivity index (χ0n) is 16.2. The van der Waals surface area contributed by atoms with E-state index in [0.717, 1.165) is 11.3 Å². The van der Waals surface area contributed by atoms with Crippen LogP contribution in [0.4, 0.5) is 10.1 Å². The van der Waals surface area contributed by atoms with E-state index in [9.17, 15) is 14.0 Å². The van der Waals surface area contributed by atoms with Crippen LogP contribution in [-0.4, -0.2) is 21.4 Å². The lowest BCUT2D eigenvalue weighted by molar-refractivity contribution is -0.114. The molecule has 2 aromatic carbocycles. The van der Waals surface area contributed by atoms with E-state index in [1.165, 1.54) is 34.0 Å². The van der Waals surface area contributed by atoms with Crippen LogP contribution < -0.4 is 10.6 Å². The lowest BCUT2D eigenvalue weighted by Gasteiger charge is -2.11. The van der Waals surface area contributed by atoms with Crippen molar-refractivity contribution in [2.24, 2.45) is 5.10 Å². The molecule has 7 heteroatoms. The summed E-state index contributed by atoms with van der Waals surface area (Å²) in [5.41, 5.74) is 3.77. The largest absolute Gasteiger partial charge is 0.295 e. The third-order valence-electron chi connectivity index (χ3n) is 4.90. The fraction of sp³-hybridized carbons (Fsp3) is 0.136. The van der Waals surface area contributed by atoms with E-state index >= 15 is 0 Å². The molecule has 0 saturated carbocycles. The maximum atomic E-state index is 13.2. The number of rotatable bonds is 3. The highest BCUT2D eigenvalue weighted by Gasteiger charge is 2.29. The number of aromatic amines is 1. The number of halogens is 1. The standard InChI is InChI=1S/C22H19FN4O2/c1-13-6-4-5-7-20(13)27-22(29)19(15(3)25-27)12-18-14(2)24-26(21(18)28)17-10-8-16(23)9-11-17/h4-12,25H,1-3H3/b18-12-. The Morgan fingerprint density at radius 3 is 2.38 bits per heavy atom. The molecule has 0 unspecified atom stereocenters. The fourth-order valence-electron chi connectivity index (χ4n) is 3.30. The fourth-order valence-corrected chi connectivity index (χ4v) is 3.30. The molecular formula is C22H19FN4O2. The zero-order valence-corrected chi connectivity index (χ0v) is 16.2. The molecule has 1 amide bonds. The van der Waals surface area contributed by atoms with Crippen molar-refractivity contribution in [1.82, 2.24) is 9.78 Å². The minimum atomic E-state index is -0.392. The van der Waals surface area contributed by atoms with Crippen LogP contribution >= 0.6 is 0 Å². The number of carbonyl (C=O) groups excluding carboxylic acids is 1. The highest BCUT2D eigenvalue weighted by molar-refractivity contribution is 6.32. The molecule has 0 spiro atoms. The van der Waals surface area contributed by atoms with Crippen LogP contribution in [0, 0.1) is 19.7 Å². The molecule has 29 heavy (non-hydrogen) atoms. The van der Waals surface area contributed by atoms with E-state index in [-0.39, 0.29) is 11.5 Å². The van der Waals surface area contributed by atoms with Gasteiger partial charge in [0, 0.05) is 5.69 Å². The van der Waals surface area contributed by atoms with Crippen molar-refractivity contribution in [3.63, 3.8) is 0 Å². The van der Waals surface area contributed by atoms with Gasteiger partial charge in [-0.05, 0) is 62.7 Å². The third kappa shape index (κ3) is 3.20. The van der Waals surface area contributed by atoms with Gasteiger partial charge < -0.3 is 0 Å². The molecule has 0 fully saturated rings. The number of nitrogens with one attached hydrogen (secondary N) is 1. The number of amides is 1. The molecule has 4 rings (SSSR count). The van der Waals surface area contributed by atoms with Crippen molar-refractivity contribution in [3.05, 3.63) is 87.1 Å². The summed E-state index contributed by atoms with van der Waals surface area (Å²) in [5.74, 6) is -0.756. The number of carbonyl (C=O) groups is 1. The van der Waals surface area contributed by atoms with E-state index in [4.69, 9.17) is 0 Å². The molecule has 1 N–H and O–H groups in total. The van der Waals surface area contributed by atoms with E-state index in [1.54, 1.807) is 19.9 Å². The maximum Gasteiger partial charge on any atom is 0.280 e. The molecule has 2 heterocycles. The molecule has 1 aromatic heterocycles. The quantitative estimate of drug-likeness (QED) is 0.693. The van der Waals surface area contributed by atoms with Gasteiger partial charge >= 0.3 is 0 Å². The van der Waals surface area contributed by atoms with Gasteiger partial charge in [-0.15, -0.1) is 0 Å². The monoisotopic (exact) mass is 390 g/mol. The minimum Gasteiger partial charge on any atom is -0.295 e. The average molecular weight is 390 g/mol. The summed E-state index contributed by atoms with van der Waals surface area (Å²) in [7, 11) is 0. The Labute approximate surface area is 166 Å². The summed E-state index contributed by atoms with van der Waals surface area (Å²) in [6, 6.07) is 13.1. The predicted molar refractivity (Wildman–Crippen MR) is 111 cm³/mol. The Morgan fingerprint density at radius 1 is 1.00 bits per heavy atom. The first-order valence-corrected chi connectivity index (χ1v) is 9.11. The van der Waals surface area contributed by atoms with Gasteiger partial charge in [-0.3, -0.25) is 14.7 Å². The number of para-hydroxylation sites is 1. The highest BCUT2D eigenvalue weighted by atomic mass is 19.1. The van der Waals surface area contributed by atoms with Crippen LogP contribution in [0.3, 0.4) is 0 Å². The number of anilines is 1. The van der Waals surface area contributed by atoms with Crippen molar-refractivity contribution < 1.29 is 9.18 Å². The Hall–Kier alpha value is -3.74. The Balaban J connectivity index is 1.75. The highest BCUT2D eigenvalue weighted by Crippen LogP contribution is 2.25. The average Bonchev–Trinajstić information content (AvgIpc) is 3.14. The molecule has 1 aliphatic heterocycles. The van der Waals surface area contributed by atoms with E-state index < -0.39 is 5.82 Å². The second-order valence-corrected chi connectivity index (χ2v) is 6.91. The summed E-state index contributed by atoms with van der Waals surface area (Å²) in [4.78, 5) is 25.9. The molecule has 0 aliphatic carbocycles. The third-order valence-corrected chi connectivity index (χ3v) is 4.90. The van der Waals surface area contributed by atoms with Crippen LogP contribution in [0.15, 0.2) is 64.0 Å². The van der Waals surface area contributed by atoms with Gasteiger partial charge in [0.1, 0.15) is 5.82 Å². The van der Waals surface area contributed by atoms with Crippen LogP contribution in [0.1, 0.15) is 23.7 Å². The summed E-state index contributed by atoms with van der Waals surface area (Å²) in [5, 5.41) is 8.56. The van der Waals surface area contributed by atoms with E-state index in [1.807, 2.05) is 31.2 Å². The summed E-state index contributed by atoms with van der Waals surface area (Å²) < 4.78 is 14.7. The number of nitrogens with zero attached hydrogens (tertiary/aromatic N) is 3. The molecule has 0 saturated heterocycles. The van der Waals surface area contributed by atoms with Crippen molar-refractivity contribution in [1.29, 1.82) is 0 Å². The summed E-state index contributed by atoms with van der Waals surface area (Å²) >= 11 is 0. The van der Waals surface area contributed by atoms with Crippen LogP contribution in [-0.2, 0) is 4.79 Å². The normalized spacial score (nSPS) is 15.3. The van der Waals surface area contributed by atoms with Gasteiger partial charge in [-0.25, -0.2) is 9.07 Å². The number of aromatic nitrogens is 2. The Morgan fingerprint density at radius 2 is 1.69 bits per heavy atom. The van der Waals surface area contributed by atoms with Crippen molar-refractivity contribution in [2.45, 2.75) is 20.8 Å². The second kappa shape index (κ2) is 7.01. The molecule has 6 nitrogen and oxygen atoms in total. The maximum absolute atomic E-state index is 13.2. The van der Waals surface area contributed by atoms with Crippen LogP contribution in [0.2, 0.25) is 0 Å². The van der Waals surface area contributed by atoms with E-state index in [2.05, 4.69) is 10.2 Å². The van der Waals surface area contributed by atoms with Crippen LogP contribution in [0.25, 0.3) is 11.8 Å². The molecular weight excluding hydrogens is 371 g/mol. The lowest BCUT2D eigenvalue weighted by Crippen LogP contribution is -2.22. The summed E-state index contributed by atoms with van der Waals surface area (Å²) in [6.07, 6.45) is 1.56. The Bertz CT molecular complexity index is 1230. The first kappa shape index (κ1) is 18.6. The molecule has 0 bridgehead atoms. The lowest BCUT2D eigenvalue weighted by atomic mass is 10.1. The van der Waals surface area contributed by atoms with Crippen molar-refractivity contribution in [2.75, 3.05) is 5.01 Å². The van der Waals surface area contributed by atoms with Gasteiger partial charge in [0.15, 0.2) is 0 Å². The van der Waals surface area contributed by atoms with Crippen molar-refractivity contribution >= 4 is 23.4 Å². The van der Waals surface area contributed by atoms with Gasteiger partial charge in [0.2, 0.25) is 0 Å². The SMILES string of the molecule is CC1=NN(c2ccc(F)cc2)C(=O)/C1=C\c1c(C)[nH]n(-c2ccccc2C)c1=O. The predicted octanol–water partition coefficient (Wildman–Crippen LogP) is 3.73. The van der Waals surface area contributed by atoms with Gasteiger partial charge in [-0.1, -0.05) is 18.2 Å². The Kier molecular flexibility index (Phi) is 4.50. The molecule has 3 aromatic rings. The minimum absolute atomic E-state index is 0.245. The van der Waals surface area contributed by atoms with Gasteiger partial charge in [-0.2, -0.15) is 10.1 Å². The van der Waals surface area contributed by atoms with Gasteiger partial charge in [0.05, 0.1) is 28.2 Å². The first-order valence-electron chi connectivity index (χ1n) is 9.11. The topological polar surface area (TPSA) is 70.5 Å². The number of hydrazone groups is 1. The van der Waals surface area contributed by atoms with Crippen molar-refractivity contribution in [3.8, 4) is 5.69 Å². The number of benzene rings is 2. The van der Waals surface area contributed by atoms with Gasteiger partial charge in [0.25, 0.3) is 11.5 Å². The number of hydrogen-bond donors (Lipinski definition) is 1. The molecule has 0 radical (unpaired) electrons.